The van der Waals surface area contributed by atoms with Gasteiger partial charge >= 0.3 is 0 Å². The number of hydrogen-bond donors (Lipinski definition) is 1. The Bertz CT molecular complexity index is 799. The second kappa shape index (κ2) is 9.55. The van der Waals surface area contributed by atoms with Gasteiger partial charge in [-0.05, 0) is 30.2 Å². The van der Waals surface area contributed by atoms with Crippen molar-refractivity contribution in [1.29, 1.82) is 0 Å². The zero-order chi connectivity index (χ0) is 19.1. The van der Waals surface area contributed by atoms with Crippen LogP contribution in [0.2, 0.25) is 10.0 Å². The van der Waals surface area contributed by atoms with Gasteiger partial charge in [-0.3, -0.25) is 9.59 Å². The molecule has 138 valence electrons. The quantitative estimate of drug-likeness (QED) is 0.745. The summed E-state index contributed by atoms with van der Waals surface area (Å²) in [7, 11) is 0. The first kappa shape index (κ1) is 20.2. The maximum absolute atomic E-state index is 13.7. The zero-order valence-electron chi connectivity index (χ0n) is 14.3. The second-order valence-electron chi connectivity index (χ2n) is 5.75. The van der Waals surface area contributed by atoms with E-state index in [1.54, 1.807) is 36.4 Å². The van der Waals surface area contributed by atoms with E-state index >= 15 is 0 Å². The Morgan fingerprint density at radius 2 is 1.81 bits per heavy atom. The van der Waals surface area contributed by atoms with E-state index in [2.05, 4.69) is 5.32 Å². The molecule has 0 spiro atoms. The highest BCUT2D eigenvalue weighted by atomic mass is 35.5. The smallest absolute Gasteiger partial charge is 0.226 e. The summed E-state index contributed by atoms with van der Waals surface area (Å²) in [5.74, 6) is -0.759. The summed E-state index contributed by atoms with van der Waals surface area (Å²) in [4.78, 5) is 25.4. The van der Waals surface area contributed by atoms with Crippen LogP contribution in [0.4, 0.5) is 10.1 Å². The molecule has 0 saturated carbocycles. The predicted octanol–water partition coefficient (Wildman–Crippen LogP) is 4.55. The van der Waals surface area contributed by atoms with Crippen LogP contribution in [-0.4, -0.2) is 29.8 Å². The Balaban J connectivity index is 1.89. The number of halogens is 3. The number of carbonyl (C=O) groups is 2. The molecule has 2 aromatic carbocycles. The third-order valence-electron chi connectivity index (χ3n) is 3.89. The first-order valence-electron chi connectivity index (χ1n) is 8.11. The van der Waals surface area contributed by atoms with Crippen molar-refractivity contribution in [2.24, 2.45) is 0 Å². The summed E-state index contributed by atoms with van der Waals surface area (Å²) in [6, 6.07) is 11.4. The fraction of sp³-hybridized carbons (Fsp3) is 0.263. The number of nitrogens with one attached hydrogen (secondary N) is 1. The van der Waals surface area contributed by atoms with Crippen molar-refractivity contribution >= 4 is 40.7 Å². The normalized spacial score (nSPS) is 10.5. The summed E-state index contributed by atoms with van der Waals surface area (Å²) < 4.78 is 13.7. The number of hydrogen-bond acceptors (Lipinski definition) is 2. The lowest BCUT2D eigenvalue weighted by Crippen LogP contribution is -2.33. The molecule has 0 aliphatic carbocycles. The Morgan fingerprint density at radius 1 is 1.08 bits per heavy atom. The molecule has 0 radical (unpaired) electrons. The Labute approximate surface area is 161 Å². The van der Waals surface area contributed by atoms with Crippen LogP contribution < -0.4 is 5.32 Å². The standard InChI is InChI=1S/C19H19Cl2FN2O2/c1-13(25)24(11-9-14-5-2-3-7-16(14)22)12-10-18(26)23-17-8-4-6-15(20)19(17)21/h2-8H,9-12H2,1H3,(H,23,26). The number of anilines is 1. The van der Waals surface area contributed by atoms with Gasteiger partial charge in [-0.15, -0.1) is 0 Å². The number of amides is 2. The highest BCUT2D eigenvalue weighted by Crippen LogP contribution is 2.29. The monoisotopic (exact) mass is 396 g/mol. The lowest BCUT2D eigenvalue weighted by atomic mass is 10.1. The second-order valence-corrected chi connectivity index (χ2v) is 6.53. The third-order valence-corrected chi connectivity index (χ3v) is 4.71. The molecule has 0 bridgehead atoms. The van der Waals surface area contributed by atoms with E-state index < -0.39 is 0 Å². The fourth-order valence-corrected chi connectivity index (χ4v) is 2.78. The van der Waals surface area contributed by atoms with E-state index in [0.29, 0.717) is 29.2 Å². The molecular formula is C19H19Cl2FN2O2. The Morgan fingerprint density at radius 3 is 2.50 bits per heavy atom. The predicted molar refractivity (Wildman–Crippen MR) is 102 cm³/mol. The molecule has 2 amide bonds. The molecule has 0 saturated heterocycles. The van der Waals surface area contributed by atoms with Gasteiger partial charge in [-0.1, -0.05) is 47.5 Å². The lowest BCUT2D eigenvalue weighted by molar-refractivity contribution is -0.129. The van der Waals surface area contributed by atoms with Gasteiger partial charge in [0.1, 0.15) is 5.82 Å². The van der Waals surface area contributed by atoms with E-state index in [0.717, 1.165) is 0 Å². The van der Waals surface area contributed by atoms with E-state index in [4.69, 9.17) is 23.2 Å². The molecule has 26 heavy (non-hydrogen) atoms. The molecule has 2 aromatic rings. The molecular weight excluding hydrogens is 378 g/mol. The summed E-state index contributed by atoms with van der Waals surface area (Å²) >= 11 is 11.9. The maximum Gasteiger partial charge on any atom is 0.226 e. The zero-order valence-corrected chi connectivity index (χ0v) is 15.8. The van der Waals surface area contributed by atoms with Crippen molar-refractivity contribution in [2.45, 2.75) is 19.8 Å². The van der Waals surface area contributed by atoms with E-state index in [9.17, 15) is 14.0 Å². The van der Waals surface area contributed by atoms with Crippen molar-refractivity contribution in [3.63, 3.8) is 0 Å². The van der Waals surface area contributed by atoms with E-state index in [1.165, 1.54) is 17.9 Å². The minimum Gasteiger partial charge on any atom is -0.342 e. The highest BCUT2D eigenvalue weighted by molar-refractivity contribution is 6.43. The van der Waals surface area contributed by atoms with Gasteiger partial charge in [0.05, 0.1) is 15.7 Å². The molecule has 0 aliphatic heterocycles. The molecule has 4 nitrogen and oxygen atoms in total. The number of carbonyl (C=O) groups excluding carboxylic acids is 2. The summed E-state index contributed by atoms with van der Waals surface area (Å²) in [6.45, 7) is 1.99. The van der Waals surface area contributed by atoms with Crippen molar-refractivity contribution in [3.05, 3.63) is 63.9 Å². The lowest BCUT2D eigenvalue weighted by Gasteiger charge is -2.21. The highest BCUT2D eigenvalue weighted by Gasteiger charge is 2.14. The topological polar surface area (TPSA) is 49.4 Å². The number of rotatable bonds is 7. The van der Waals surface area contributed by atoms with Gasteiger partial charge < -0.3 is 10.2 Å². The van der Waals surface area contributed by atoms with Gasteiger partial charge in [0.2, 0.25) is 11.8 Å². The summed E-state index contributed by atoms with van der Waals surface area (Å²) in [6.07, 6.45) is 0.480. The van der Waals surface area contributed by atoms with Crippen LogP contribution in [0.15, 0.2) is 42.5 Å². The minimum absolute atomic E-state index is 0.0969. The average molecular weight is 397 g/mol. The van der Waals surface area contributed by atoms with Crippen molar-refractivity contribution in [1.82, 2.24) is 4.90 Å². The van der Waals surface area contributed by atoms with Crippen LogP contribution in [0.5, 0.6) is 0 Å². The molecule has 0 heterocycles. The number of nitrogens with zero attached hydrogens (tertiary/aromatic N) is 1. The number of benzene rings is 2. The largest absolute Gasteiger partial charge is 0.342 e. The van der Waals surface area contributed by atoms with Crippen LogP contribution in [0, 0.1) is 5.82 Å². The third kappa shape index (κ3) is 5.71. The first-order valence-corrected chi connectivity index (χ1v) is 8.87. The molecule has 2 rings (SSSR count). The molecule has 7 heteroatoms. The molecule has 0 unspecified atom stereocenters. The van der Waals surface area contributed by atoms with Crippen molar-refractivity contribution < 1.29 is 14.0 Å². The van der Waals surface area contributed by atoms with Crippen LogP contribution in [0.3, 0.4) is 0 Å². The van der Waals surface area contributed by atoms with Gasteiger partial charge in [0, 0.05) is 26.4 Å². The molecule has 0 aromatic heterocycles. The van der Waals surface area contributed by atoms with Gasteiger partial charge in [0.25, 0.3) is 0 Å². The molecule has 1 N–H and O–H groups in total. The molecule has 0 atom stereocenters. The molecule has 0 aliphatic rings. The van der Waals surface area contributed by atoms with Gasteiger partial charge in [-0.2, -0.15) is 0 Å². The summed E-state index contributed by atoms with van der Waals surface area (Å²) in [5, 5.41) is 3.29. The maximum atomic E-state index is 13.7. The van der Waals surface area contributed by atoms with Gasteiger partial charge in [-0.25, -0.2) is 4.39 Å². The van der Waals surface area contributed by atoms with Gasteiger partial charge in [0.15, 0.2) is 0 Å². The van der Waals surface area contributed by atoms with Crippen LogP contribution >= 0.6 is 23.2 Å². The van der Waals surface area contributed by atoms with E-state index in [-0.39, 0.29) is 35.6 Å². The van der Waals surface area contributed by atoms with Crippen LogP contribution in [0.1, 0.15) is 18.9 Å². The summed E-state index contributed by atoms with van der Waals surface area (Å²) in [5.41, 5.74) is 0.957. The van der Waals surface area contributed by atoms with Crippen molar-refractivity contribution in [3.8, 4) is 0 Å². The van der Waals surface area contributed by atoms with Crippen molar-refractivity contribution in [2.75, 3.05) is 18.4 Å². The Kier molecular flexibility index (Phi) is 7.42. The van der Waals surface area contributed by atoms with E-state index in [1.807, 2.05) is 0 Å². The molecule has 0 fully saturated rings. The van der Waals surface area contributed by atoms with Crippen LogP contribution in [-0.2, 0) is 16.0 Å². The Hall–Kier alpha value is -2.11. The fourth-order valence-electron chi connectivity index (χ4n) is 2.43. The SMILES string of the molecule is CC(=O)N(CCC(=O)Nc1cccc(Cl)c1Cl)CCc1ccccc1F. The first-order chi connectivity index (χ1) is 12.4. The van der Waals surface area contributed by atoms with Crippen LogP contribution in [0.25, 0.3) is 0 Å². The average Bonchev–Trinajstić information content (AvgIpc) is 2.60. The minimum atomic E-state index is -0.302.